The summed E-state index contributed by atoms with van der Waals surface area (Å²) in [5.41, 5.74) is 0. The molecule has 4 heteroatoms. The summed E-state index contributed by atoms with van der Waals surface area (Å²) in [5, 5.41) is 12.2. The minimum Gasteiger partial charge on any atom is -0.392 e. The Morgan fingerprint density at radius 1 is 1.28 bits per heavy atom. The van der Waals surface area contributed by atoms with Crippen LogP contribution < -0.4 is 5.32 Å². The van der Waals surface area contributed by atoms with Crippen molar-refractivity contribution in [2.75, 3.05) is 20.1 Å². The molecule has 2 amide bonds. The van der Waals surface area contributed by atoms with Crippen LogP contribution in [0.1, 0.15) is 51.9 Å². The number of hydrogen-bond acceptors (Lipinski definition) is 2. The molecule has 0 bridgehead atoms. The lowest BCUT2D eigenvalue weighted by Gasteiger charge is -2.23. The lowest BCUT2D eigenvalue weighted by atomic mass is 9.91. The molecule has 1 saturated carbocycles. The van der Waals surface area contributed by atoms with E-state index in [1.54, 1.807) is 18.9 Å². The Hall–Kier alpha value is -0.770. The largest absolute Gasteiger partial charge is 0.392 e. The fourth-order valence-corrected chi connectivity index (χ4v) is 2.59. The second-order valence-electron chi connectivity index (χ2n) is 5.63. The summed E-state index contributed by atoms with van der Waals surface area (Å²) in [6.45, 7) is 2.86. The fraction of sp³-hybridized carbons (Fsp3) is 0.929. The summed E-state index contributed by atoms with van der Waals surface area (Å²) in [6, 6.07) is -0.0713. The Morgan fingerprint density at radius 3 is 2.39 bits per heavy atom. The maximum Gasteiger partial charge on any atom is 0.317 e. The topological polar surface area (TPSA) is 52.6 Å². The highest BCUT2D eigenvalue weighted by atomic mass is 16.3. The van der Waals surface area contributed by atoms with Crippen molar-refractivity contribution in [3.63, 3.8) is 0 Å². The van der Waals surface area contributed by atoms with Crippen LogP contribution in [0.25, 0.3) is 0 Å². The summed E-state index contributed by atoms with van der Waals surface area (Å²) >= 11 is 0. The van der Waals surface area contributed by atoms with E-state index in [4.69, 9.17) is 0 Å². The molecule has 1 aliphatic carbocycles. The first kappa shape index (κ1) is 15.3. The van der Waals surface area contributed by atoms with Gasteiger partial charge in [0, 0.05) is 20.1 Å². The molecular weight excluding hydrogens is 228 g/mol. The van der Waals surface area contributed by atoms with Crippen LogP contribution in [0.5, 0.6) is 0 Å². The highest BCUT2D eigenvalue weighted by Gasteiger charge is 2.15. The summed E-state index contributed by atoms with van der Waals surface area (Å²) in [6.07, 6.45) is 8.64. The maximum atomic E-state index is 11.8. The second kappa shape index (κ2) is 8.35. The number of nitrogens with one attached hydrogen (secondary N) is 1. The molecule has 2 N–H and O–H groups in total. The molecule has 1 atom stereocenters. The van der Waals surface area contributed by atoms with Gasteiger partial charge in [-0.3, -0.25) is 0 Å². The summed E-state index contributed by atoms with van der Waals surface area (Å²) in [5.74, 6) is 0.634. The number of aliphatic hydroxyl groups is 1. The Morgan fingerprint density at radius 2 is 1.83 bits per heavy atom. The molecule has 0 aromatic rings. The van der Waals surface area contributed by atoms with Gasteiger partial charge in [0.2, 0.25) is 0 Å². The molecule has 0 aromatic heterocycles. The number of aliphatic hydroxyl groups excluding tert-OH is 1. The Labute approximate surface area is 111 Å². The second-order valence-corrected chi connectivity index (χ2v) is 5.63. The van der Waals surface area contributed by atoms with Crippen LogP contribution in [0, 0.1) is 5.92 Å². The van der Waals surface area contributed by atoms with Crippen LogP contribution in [0.3, 0.4) is 0 Å². The minimum atomic E-state index is -0.470. The minimum absolute atomic E-state index is 0.0713. The van der Waals surface area contributed by atoms with Crippen LogP contribution in [0.2, 0.25) is 0 Å². The predicted octanol–water partition coefficient (Wildman–Crippen LogP) is 2.37. The monoisotopic (exact) mass is 256 g/mol. The molecule has 1 fully saturated rings. The quantitative estimate of drug-likeness (QED) is 0.811. The highest BCUT2D eigenvalue weighted by molar-refractivity contribution is 5.73. The maximum absolute atomic E-state index is 11.8. The van der Waals surface area contributed by atoms with Gasteiger partial charge in [0.05, 0.1) is 6.10 Å². The number of nitrogens with zero attached hydrogens (tertiary/aromatic N) is 1. The van der Waals surface area contributed by atoms with Crippen LogP contribution in [-0.4, -0.2) is 42.3 Å². The number of carbonyl (C=O) groups excluding carboxylic acids is 1. The van der Waals surface area contributed by atoms with Gasteiger partial charge in [-0.15, -0.1) is 0 Å². The van der Waals surface area contributed by atoms with E-state index in [1.165, 1.54) is 44.9 Å². The zero-order valence-electron chi connectivity index (χ0n) is 11.8. The van der Waals surface area contributed by atoms with Gasteiger partial charge in [0.1, 0.15) is 0 Å². The van der Waals surface area contributed by atoms with Gasteiger partial charge in [0.15, 0.2) is 0 Å². The molecule has 1 unspecified atom stereocenters. The van der Waals surface area contributed by atoms with Gasteiger partial charge >= 0.3 is 6.03 Å². The first-order valence-electron chi connectivity index (χ1n) is 7.26. The third kappa shape index (κ3) is 6.24. The molecular formula is C14H28N2O2. The van der Waals surface area contributed by atoms with Gasteiger partial charge in [0.25, 0.3) is 0 Å². The van der Waals surface area contributed by atoms with E-state index in [0.717, 1.165) is 6.54 Å². The van der Waals surface area contributed by atoms with Crippen molar-refractivity contribution < 1.29 is 9.90 Å². The standard InChI is InChI=1S/C14H28N2O2/c1-12(17)11-16(2)14(18)15-10-13-8-6-4-3-5-7-9-13/h12-13,17H,3-11H2,1-2H3,(H,15,18). The van der Waals surface area contributed by atoms with Gasteiger partial charge < -0.3 is 15.3 Å². The van der Waals surface area contributed by atoms with Crippen LogP contribution in [0.4, 0.5) is 4.79 Å². The summed E-state index contributed by atoms with van der Waals surface area (Å²) in [4.78, 5) is 13.3. The number of amides is 2. The fourth-order valence-electron chi connectivity index (χ4n) is 2.59. The van der Waals surface area contributed by atoms with Crippen molar-refractivity contribution in [2.24, 2.45) is 5.92 Å². The zero-order chi connectivity index (χ0) is 13.4. The smallest absolute Gasteiger partial charge is 0.317 e. The van der Waals surface area contributed by atoms with E-state index in [-0.39, 0.29) is 6.03 Å². The number of likely N-dealkylation sites (N-methyl/N-ethyl adjacent to an activating group) is 1. The van der Waals surface area contributed by atoms with Crippen LogP contribution in [-0.2, 0) is 0 Å². The van der Waals surface area contributed by atoms with Crippen molar-refractivity contribution in [1.82, 2.24) is 10.2 Å². The van der Waals surface area contributed by atoms with Crippen LogP contribution >= 0.6 is 0 Å². The highest BCUT2D eigenvalue weighted by Crippen LogP contribution is 2.21. The normalized spacial score (nSPS) is 19.7. The lowest BCUT2D eigenvalue weighted by molar-refractivity contribution is 0.143. The van der Waals surface area contributed by atoms with Crippen molar-refractivity contribution in [2.45, 2.75) is 58.0 Å². The molecule has 4 nitrogen and oxygen atoms in total. The van der Waals surface area contributed by atoms with Crippen molar-refractivity contribution >= 4 is 6.03 Å². The van der Waals surface area contributed by atoms with Crippen molar-refractivity contribution in [3.8, 4) is 0 Å². The molecule has 0 saturated heterocycles. The molecule has 0 spiro atoms. The average molecular weight is 256 g/mol. The van der Waals surface area contributed by atoms with Crippen molar-refractivity contribution in [3.05, 3.63) is 0 Å². The van der Waals surface area contributed by atoms with E-state index < -0.39 is 6.10 Å². The number of urea groups is 1. The first-order chi connectivity index (χ1) is 8.59. The van der Waals surface area contributed by atoms with Gasteiger partial charge in [-0.1, -0.05) is 32.1 Å². The third-order valence-electron chi connectivity index (χ3n) is 3.65. The molecule has 1 aliphatic rings. The molecule has 0 aromatic carbocycles. The molecule has 0 heterocycles. The SMILES string of the molecule is CC(O)CN(C)C(=O)NCC1CCCCCCC1. The van der Waals surface area contributed by atoms with E-state index in [1.807, 2.05) is 0 Å². The zero-order valence-corrected chi connectivity index (χ0v) is 11.8. The number of rotatable bonds is 4. The van der Waals surface area contributed by atoms with E-state index in [0.29, 0.717) is 12.5 Å². The average Bonchev–Trinajstić information content (AvgIpc) is 2.26. The Kier molecular flexibility index (Phi) is 7.09. The van der Waals surface area contributed by atoms with Crippen molar-refractivity contribution in [1.29, 1.82) is 0 Å². The number of hydrogen-bond donors (Lipinski definition) is 2. The van der Waals surface area contributed by atoms with E-state index >= 15 is 0 Å². The van der Waals surface area contributed by atoms with E-state index in [9.17, 15) is 9.90 Å². The molecule has 0 aliphatic heterocycles. The Bertz CT molecular complexity index is 236. The van der Waals surface area contributed by atoms with E-state index in [2.05, 4.69) is 5.32 Å². The number of carbonyl (C=O) groups is 1. The molecule has 1 rings (SSSR count). The first-order valence-corrected chi connectivity index (χ1v) is 7.26. The molecule has 106 valence electrons. The van der Waals surface area contributed by atoms with Gasteiger partial charge in [-0.05, 0) is 25.7 Å². The van der Waals surface area contributed by atoms with Gasteiger partial charge in [-0.25, -0.2) is 4.79 Å². The summed E-state index contributed by atoms with van der Waals surface area (Å²) < 4.78 is 0. The van der Waals surface area contributed by atoms with Crippen LogP contribution in [0.15, 0.2) is 0 Å². The predicted molar refractivity (Wildman–Crippen MR) is 73.5 cm³/mol. The molecule has 18 heavy (non-hydrogen) atoms. The lowest BCUT2D eigenvalue weighted by Crippen LogP contribution is -2.42. The third-order valence-corrected chi connectivity index (χ3v) is 3.65. The summed E-state index contributed by atoms with van der Waals surface area (Å²) in [7, 11) is 1.72. The van der Waals surface area contributed by atoms with Gasteiger partial charge in [-0.2, -0.15) is 0 Å². The molecule has 0 radical (unpaired) electrons. The Balaban J connectivity index is 2.23.